The Bertz CT molecular complexity index is 1320. The Morgan fingerprint density at radius 2 is 1.89 bits per heavy atom. The molecule has 8 nitrogen and oxygen atoms in total. The maximum Gasteiger partial charge on any atom is 0.271 e. The summed E-state index contributed by atoms with van der Waals surface area (Å²) in [5, 5.41) is 20.2. The standard InChI is InChI=1S/C26H27N3O5S2/c1-16-7-9-18(10-8-16)14-21-24(32)29(26(35)36-21)11-4-6-20(30)22-17(2)19(15-27)23(31)28(25(22)33)12-5-13-34-3/h7-10,14,33H,4-6,11-13H2,1-3H3/b21-14-. The summed E-state index contributed by atoms with van der Waals surface area (Å²) < 4.78 is 6.45. The number of thioether (sulfide) groups is 1. The number of aromatic nitrogens is 1. The van der Waals surface area contributed by atoms with Crippen LogP contribution in [0.5, 0.6) is 5.88 Å². The van der Waals surface area contributed by atoms with Crippen molar-refractivity contribution in [3.8, 4) is 11.9 Å². The van der Waals surface area contributed by atoms with E-state index in [9.17, 15) is 24.8 Å². The number of ether oxygens (including phenoxy) is 1. The average Bonchev–Trinajstić information content (AvgIpc) is 3.10. The van der Waals surface area contributed by atoms with Crippen molar-refractivity contribution in [2.24, 2.45) is 0 Å². The Labute approximate surface area is 219 Å². The Kier molecular flexibility index (Phi) is 9.20. The third kappa shape index (κ3) is 5.93. The van der Waals surface area contributed by atoms with Crippen molar-refractivity contribution in [3.63, 3.8) is 0 Å². The van der Waals surface area contributed by atoms with Crippen molar-refractivity contribution in [1.29, 1.82) is 5.26 Å². The van der Waals surface area contributed by atoms with Gasteiger partial charge in [-0.05, 0) is 43.9 Å². The summed E-state index contributed by atoms with van der Waals surface area (Å²) in [6, 6.07) is 9.64. The van der Waals surface area contributed by atoms with Gasteiger partial charge < -0.3 is 9.84 Å². The third-order valence-electron chi connectivity index (χ3n) is 5.84. The molecule has 1 aromatic carbocycles. The lowest BCUT2D eigenvalue weighted by Crippen LogP contribution is -2.30. The van der Waals surface area contributed by atoms with E-state index in [4.69, 9.17) is 17.0 Å². The van der Waals surface area contributed by atoms with Crippen molar-refractivity contribution >= 4 is 46.1 Å². The zero-order valence-corrected chi connectivity index (χ0v) is 22.0. The molecule has 0 atom stereocenters. The van der Waals surface area contributed by atoms with Crippen LogP contribution < -0.4 is 5.56 Å². The molecule has 1 aliphatic rings. The molecule has 0 radical (unpaired) electrons. The zero-order valence-electron chi connectivity index (χ0n) is 20.4. The Morgan fingerprint density at radius 1 is 1.19 bits per heavy atom. The second-order valence-electron chi connectivity index (χ2n) is 8.38. The van der Waals surface area contributed by atoms with Crippen LogP contribution in [0.1, 0.15) is 51.9 Å². The van der Waals surface area contributed by atoms with Gasteiger partial charge in [-0.3, -0.25) is 23.9 Å². The quantitative estimate of drug-likeness (QED) is 0.215. The van der Waals surface area contributed by atoms with E-state index in [1.54, 1.807) is 6.08 Å². The molecule has 2 aromatic rings. The second kappa shape index (κ2) is 12.1. The molecule has 1 N–H and O–H groups in total. The lowest BCUT2D eigenvalue weighted by atomic mass is 9.99. The second-order valence-corrected chi connectivity index (χ2v) is 10.1. The Hall–Kier alpha value is -3.26. The number of methoxy groups -OCH3 is 1. The number of nitrogens with zero attached hydrogens (tertiary/aromatic N) is 3. The van der Waals surface area contributed by atoms with E-state index in [1.165, 1.54) is 30.7 Å². The molecule has 1 fully saturated rings. The van der Waals surface area contributed by atoms with Gasteiger partial charge in [0, 0.05) is 33.2 Å². The van der Waals surface area contributed by atoms with Crippen LogP contribution in [-0.2, 0) is 16.1 Å². The molecule has 3 rings (SSSR count). The van der Waals surface area contributed by atoms with E-state index < -0.39 is 17.2 Å². The van der Waals surface area contributed by atoms with Gasteiger partial charge >= 0.3 is 0 Å². The minimum absolute atomic E-state index is 0.00358. The zero-order chi connectivity index (χ0) is 26.4. The van der Waals surface area contributed by atoms with E-state index in [0.29, 0.717) is 28.7 Å². The number of Topliss-reactive ketones (excluding diaryl/α,β-unsaturated/α-hetero) is 1. The van der Waals surface area contributed by atoms with Crippen LogP contribution in [-0.4, -0.2) is 50.8 Å². The summed E-state index contributed by atoms with van der Waals surface area (Å²) in [5.41, 5.74) is 1.31. The smallest absolute Gasteiger partial charge is 0.271 e. The molecule has 0 bridgehead atoms. The van der Waals surface area contributed by atoms with Crippen molar-refractivity contribution in [2.75, 3.05) is 20.3 Å². The number of amides is 1. The van der Waals surface area contributed by atoms with Crippen molar-refractivity contribution in [2.45, 2.75) is 39.7 Å². The van der Waals surface area contributed by atoms with Crippen molar-refractivity contribution in [3.05, 3.63) is 67.3 Å². The first-order valence-corrected chi connectivity index (χ1v) is 12.6. The molecular formula is C26H27N3O5S2. The molecule has 0 spiro atoms. The molecular weight excluding hydrogens is 498 g/mol. The van der Waals surface area contributed by atoms with Crippen LogP contribution in [0.15, 0.2) is 34.0 Å². The number of aromatic hydroxyl groups is 1. The van der Waals surface area contributed by atoms with Crippen LogP contribution in [0.3, 0.4) is 0 Å². The van der Waals surface area contributed by atoms with Gasteiger partial charge in [0.2, 0.25) is 5.88 Å². The fourth-order valence-electron chi connectivity index (χ4n) is 3.89. The summed E-state index contributed by atoms with van der Waals surface area (Å²) in [6.45, 7) is 4.16. The number of carbonyl (C=O) groups excluding carboxylic acids is 2. The van der Waals surface area contributed by atoms with Crippen LogP contribution in [0.2, 0.25) is 0 Å². The van der Waals surface area contributed by atoms with Gasteiger partial charge in [-0.25, -0.2) is 0 Å². The Balaban J connectivity index is 1.72. The first-order chi connectivity index (χ1) is 17.2. The average molecular weight is 526 g/mol. The molecule has 36 heavy (non-hydrogen) atoms. The van der Waals surface area contributed by atoms with E-state index in [1.807, 2.05) is 37.3 Å². The lowest BCUT2D eigenvalue weighted by molar-refractivity contribution is -0.122. The monoisotopic (exact) mass is 525 g/mol. The molecule has 1 aromatic heterocycles. The summed E-state index contributed by atoms with van der Waals surface area (Å²) in [7, 11) is 1.52. The van der Waals surface area contributed by atoms with Crippen LogP contribution in [0.4, 0.5) is 0 Å². The molecule has 2 heterocycles. The van der Waals surface area contributed by atoms with Crippen molar-refractivity contribution in [1.82, 2.24) is 9.47 Å². The minimum atomic E-state index is -0.641. The first kappa shape index (κ1) is 27.3. The largest absolute Gasteiger partial charge is 0.494 e. The highest BCUT2D eigenvalue weighted by Gasteiger charge is 2.32. The number of hydrogen-bond donors (Lipinski definition) is 1. The topological polar surface area (TPSA) is 113 Å². The normalized spacial score (nSPS) is 14.5. The summed E-state index contributed by atoms with van der Waals surface area (Å²) in [4.78, 5) is 40.5. The van der Waals surface area contributed by atoms with E-state index in [0.717, 1.165) is 15.7 Å². The summed E-state index contributed by atoms with van der Waals surface area (Å²) in [6.07, 6.45) is 2.52. The fourth-order valence-corrected chi connectivity index (χ4v) is 5.20. The third-order valence-corrected chi connectivity index (χ3v) is 7.22. The predicted molar refractivity (Wildman–Crippen MR) is 143 cm³/mol. The van der Waals surface area contributed by atoms with Crippen LogP contribution in [0, 0.1) is 25.2 Å². The maximum absolute atomic E-state index is 13.1. The molecule has 1 saturated heterocycles. The minimum Gasteiger partial charge on any atom is -0.494 e. The number of aryl methyl sites for hydroxylation is 1. The van der Waals surface area contributed by atoms with Gasteiger partial charge in [-0.1, -0.05) is 53.8 Å². The molecule has 0 aliphatic carbocycles. The molecule has 0 saturated carbocycles. The highest BCUT2D eigenvalue weighted by molar-refractivity contribution is 8.26. The summed E-state index contributed by atoms with van der Waals surface area (Å²) in [5.74, 6) is -1.08. The number of benzene rings is 1. The van der Waals surface area contributed by atoms with Gasteiger partial charge in [-0.2, -0.15) is 5.26 Å². The molecule has 1 amide bonds. The molecule has 10 heteroatoms. The lowest BCUT2D eigenvalue weighted by Gasteiger charge is -2.16. The highest BCUT2D eigenvalue weighted by atomic mass is 32.2. The number of carbonyl (C=O) groups is 2. The molecule has 188 valence electrons. The fraction of sp³-hybridized carbons (Fsp3) is 0.346. The van der Waals surface area contributed by atoms with E-state index in [2.05, 4.69) is 0 Å². The van der Waals surface area contributed by atoms with Gasteiger partial charge in [-0.15, -0.1) is 0 Å². The van der Waals surface area contributed by atoms with Crippen LogP contribution >= 0.6 is 24.0 Å². The predicted octanol–water partition coefficient (Wildman–Crippen LogP) is 3.94. The number of nitriles is 1. The van der Waals surface area contributed by atoms with Gasteiger partial charge in [0.25, 0.3) is 11.5 Å². The van der Waals surface area contributed by atoms with E-state index in [-0.39, 0.29) is 42.1 Å². The number of hydrogen-bond acceptors (Lipinski definition) is 8. The Morgan fingerprint density at radius 3 is 2.53 bits per heavy atom. The maximum atomic E-state index is 13.1. The number of pyridine rings is 1. The van der Waals surface area contributed by atoms with E-state index >= 15 is 0 Å². The molecule has 1 aliphatic heterocycles. The number of thiocarbonyl (C=S) groups is 1. The summed E-state index contributed by atoms with van der Waals surface area (Å²) >= 11 is 6.60. The first-order valence-electron chi connectivity index (χ1n) is 11.4. The SMILES string of the molecule is COCCCn1c(O)c(C(=O)CCCN2C(=O)/C(=C/c3ccc(C)cc3)SC2=S)c(C)c(C#N)c1=O. The van der Waals surface area contributed by atoms with Gasteiger partial charge in [0.1, 0.15) is 16.0 Å². The highest BCUT2D eigenvalue weighted by Crippen LogP contribution is 2.33. The van der Waals surface area contributed by atoms with Gasteiger partial charge in [0.15, 0.2) is 5.78 Å². The van der Waals surface area contributed by atoms with Crippen LogP contribution in [0.25, 0.3) is 6.08 Å². The van der Waals surface area contributed by atoms with Crippen molar-refractivity contribution < 1.29 is 19.4 Å². The van der Waals surface area contributed by atoms with Gasteiger partial charge in [0.05, 0.1) is 10.5 Å². The molecule has 0 unspecified atom stereocenters. The number of ketones is 1. The number of rotatable bonds is 10.